The van der Waals surface area contributed by atoms with Crippen LogP contribution < -0.4 is 15.8 Å². The van der Waals surface area contributed by atoms with Crippen molar-refractivity contribution < 1.29 is 9.53 Å². The monoisotopic (exact) mass is 335 g/mol. The van der Waals surface area contributed by atoms with Crippen LogP contribution in [0.1, 0.15) is 6.42 Å². The van der Waals surface area contributed by atoms with E-state index >= 15 is 0 Å². The van der Waals surface area contributed by atoms with Gasteiger partial charge in [-0.05, 0) is 52.3 Å². The number of hydrogen-bond donors (Lipinski definition) is 2. The van der Waals surface area contributed by atoms with Gasteiger partial charge in [-0.25, -0.2) is 4.98 Å². The molecule has 0 saturated heterocycles. The summed E-state index contributed by atoms with van der Waals surface area (Å²) >= 11 is 3.23. The number of nitrogen functional groups attached to an aromatic ring is 1. The van der Waals surface area contributed by atoms with Gasteiger partial charge in [-0.3, -0.25) is 4.79 Å². The number of hydrogen-bond acceptors (Lipinski definition) is 4. The highest BCUT2D eigenvalue weighted by Gasteiger charge is 2.03. The zero-order chi connectivity index (χ0) is 14.4. The molecule has 1 heterocycles. The fourth-order valence-electron chi connectivity index (χ4n) is 1.50. The summed E-state index contributed by atoms with van der Waals surface area (Å²) in [5.74, 6) is 0.571. The Morgan fingerprint density at radius 3 is 2.65 bits per heavy atom. The Hall–Kier alpha value is -2.08. The van der Waals surface area contributed by atoms with E-state index in [1.165, 1.54) is 0 Å². The summed E-state index contributed by atoms with van der Waals surface area (Å²) in [6.07, 6.45) is 1.85. The molecule has 5 nitrogen and oxygen atoms in total. The number of nitrogens with two attached hydrogens (primary N) is 1. The van der Waals surface area contributed by atoms with Gasteiger partial charge in [-0.15, -0.1) is 0 Å². The maximum atomic E-state index is 11.7. The van der Waals surface area contributed by atoms with Crippen LogP contribution in [0.25, 0.3) is 0 Å². The minimum absolute atomic E-state index is 0.121. The predicted molar refractivity (Wildman–Crippen MR) is 81.5 cm³/mol. The van der Waals surface area contributed by atoms with Gasteiger partial charge in [-0.2, -0.15) is 0 Å². The molecule has 104 valence electrons. The lowest BCUT2D eigenvalue weighted by Crippen LogP contribution is -2.15. The van der Waals surface area contributed by atoms with Crippen molar-refractivity contribution in [2.24, 2.45) is 0 Å². The first-order chi connectivity index (χ1) is 9.63. The molecule has 0 aliphatic heterocycles. The highest BCUT2D eigenvalue weighted by molar-refractivity contribution is 9.10. The Kier molecular flexibility index (Phi) is 4.95. The SMILES string of the molecule is Nc1ccc(OCCC(=O)Nc2ccc(Br)nc2)cc1. The van der Waals surface area contributed by atoms with Crippen LogP contribution in [0.4, 0.5) is 11.4 Å². The molecular weight excluding hydrogens is 322 g/mol. The average Bonchev–Trinajstić information content (AvgIpc) is 2.44. The molecule has 0 unspecified atom stereocenters. The van der Waals surface area contributed by atoms with Crippen molar-refractivity contribution in [2.45, 2.75) is 6.42 Å². The summed E-state index contributed by atoms with van der Waals surface area (Å²) in [4.78, 5) is 15.7. The number of benzene rings is 1. The standard InChI is InChI=1S/C14H14BrN3O2/c15-13-6-3-11(9-17-13)18-14(19)7-8-20-12-4-1-10(16)2-5-12/h1-6,9H,7-8,16H2,(H,18,19). The van der Waals surface area contributed by atoms with Gasteiger partial charge >= 0.3 is 0 Å². The lowest BCUT2D eigenvalue weighted by atomic mass is 10.3. The van der Waals surface area contributed by atoms with Gasteiger partial charge in [0.2, 0.25) is 5.91 Å². The van der Waals surface area contributed by atoms with Gasteiger partial charge in [0.25, 0.3) is 0 Å². The van der Waals surface area contributed by atoms with Crippen molar-refractivity contribution in [3.8, 4) is 5.75 Å². The summed E-state index contributed by atoms with van der Waals surface area (Å²) in [7, 11) is 0. The van der Waals surface area contributed by atoms with E-state index in [2.05, 4.69) is 26.2 Å². The van der Waals surface area contributed by atoms with Gasteiger partial charge in [0, 0.05) is 5.69 Å². The number of nitrogens with zero attached hydrogens (tertiary/aromatic N) is 1. The number of carbonyl (C=O) groups is 1. The van der Waals surface area contributed by atoms with Crippen LogP contribution in [0.15, 0.2) is 47.2 Å². The van der Waals surface area contributed by atoms with Crippen LogP contribution in [0.3, 0.4) is 0 Å². The Morgan fingerprint density at radius 1 is 1.25 bits per heavy atom. The molecule has 1 aromatic carbocycles. The number of nitrogens with one attached hydrogen (secondary N) is 1. The summed E-state index contributed by atoms with van der Waals surface area (Å²) < 4.78 is 6.17. The minimum Gasteiger partial charge on any atom is -0.493 e. The first-order valence-corrected chi connectivity index (χ1v) is 6.82. The quantitative estimate of drug-likeness (QED) is 0.650. The lowest BCUT2D eigenvalue weighted by molar-refractivity contribution is -0.116. The van der Waals surface area contributed by atoms with E-state index in [-0.39, 0.29) is 12.3 Å². The third kappa shape index (κ3) is 4.55. The smallest absolute Gasteiger partial charge is 0.227 e. The number of anilines is 2. The largest absolute Gasteiger partial charge is 0.493 e. The van der Waals surface area contributed by atoms with Crippen molar-refractivity contribution in [1.29, 1.82) is 0 Å². The Labute approximate surface area is 125 Å². The number of carbonyl (C=O) groups excluding carboxylic acids is 1. The molecule has 0 radical (unpaired) electrons. The van der Waals surface area contributed by atoms with E-state index < -0.39 is 0 Å². The summed E-state index contributed by atoms with van der Waals surface area (Å²) in [5, 5.41) is 2.74. The van der Waals surface area contributed by atoms with E-state index in [0.717, 1.165) is 4.60 Å². The molecule has 0 aliphatic carbocycles. The zero-order valence-corrected chi connectivity index (χ0v) is 12.3. The second-order valence-corrected chi connectivity index (χ2v) is 4.90. The highest BCUT2D eigenvalue weighted by Crippen LogP contribution is 2.14. The van der Waals surface area contributed by atoms with Crippen LogP contribution in [0.2, 0.25) is 0 Å². The van der Waals surface area contributed by atoms with E-state index in [1.54, 1.807) is 42.6 Å². The molecule has 2 rings (SSSR count). The summed E-state index contributed by atoms with van der Waals surface area (Å²) in [6.45, 7) is 0.305. The summed E-state index contributed by atoms with van der Waals surface area (Å²) in [6, 6.07) is 10.6. The number of aromatic nitrogens is 1. The number of amides is 1. The van der Waals surface area contributed by atoms with Crippen LogP contribution in [-0.4, -0.2) is 17.5 Å². The number of halogens is 1. The second kappa shape index (κ2) is 6.91. The van der Waals surface area contributed by atoms with Crippen LogP contribution in [0, 0.1) is 0 Å². The molecule has 0 saturated carbocycles. The van der Waals surface area contributed by atoms with E-state index in [9.17, 15) is 4.79 Å². The maximum Gasteiger partial charge on any atom is 0.227 e. The second-order valence-electron chi connectivity index (χ2n) is 4.09. The lowest BCUT2D eigenvalue weighted by Gasteiger charge is -2.07. The van der Waals surface area contributed by atoms with Crippen molar-refractivity contribution in [2.75, 3.05) is 17.7 Å². The van der Waals surface area contributed by atoms with E-state index in [0.29, 0.717) is 23.7 Å². The molecule has 0 atom stereocenters. The fraction of sp³-hybridized carbons (Fsp3) is 0.143. The normalized spacial score (nSPS) is 10.1. The van der Waals surface area contributed by atoms with Gasteiger partial charge in [-0.1, -0.05) is 0 Å². The van der Waals surface area contributed by atoms with Crippen LogP contribution in [-0.2, 0) is 4.79 Å². The molecule has 0 bridgehead atoms. The van der Waals surface area contributed by atoms with E-state index in [4.69, 9.17) is 10.5 Å². The number of ether oxygens (including phenoxy) is 1. The van der Waals surface area contributed by atoms with Crippen LogP contribution in [0.5, 0.6) is 5.75 Å². The van der Waals surface area contributed by atoms with Crippen molar-refractivity contribution >= 4 is 33.2 Å². The van der Waals surface area contributed by atoms with Crippen molar-refractivity contribution in [1.82, 2.24) is 4.98 Å². The zero-order valence-electron chi connectivity index (χ0n) is 10.7. The number of rotatable bonds is 5. The predicted octanol–water partition coefficient (Wildman–Crippen LogP) is 2.83. The molecule has 3 N–H and O–H groups in total. The van der Waals surface area contributed by atoms with Crippen molar-refractivity contribution in [3.05, 3.63) is 47.2 Å². The third-order valence-corrected chi connectivity index (χ3v) is 2.96. The Balaban J connectivity index is 1.75. The molecule has 0 aliphatic rings. The first-order valence-electron chi connectivity index (χ1n) is 6.03. The molecule has 0 spiro atoms. The third-order valence-electron chi connectivity index (χ3n) is 2.49. The first kappa shape index (κ1) is 14.3. The number of pyridine rings is 1. The van der Waals surface area contributed by atoms with Crippen molar-refractivity contribution in [3.63, 3.8) is 0 Å². The Morgan fingerprint density at radius 2 is 2.00 bits per heavy atom. The highest BCUT2D eigenvalue weighted by atomic mass is 79.9. The molecular formula is C14H14BrN3O2. The average molecular weight is 336 g/mol. The molecule has 6 heteroatoms. The van der Waals surface area contributed by atoms with Gasteiger partial charge < -0.3 is 15.8 Å². The molecule has 0 fully saturated rings. The van der Waals surface area contributed by atoms with Gasteiger partial charge in [0.1, 0.15) is 10.4 Å². The molecule has 1 aromatic heterocycles. The van der Waals surface area contributed by atoms with Gasteiger partial charge in [0.05, 0.1) is 24.9 Å². The maximum absolute atomic E-state index is 11.7. The van der Waals surface area contributed by atoms with Gasteiger partial charge in [0.15, 0.2) is 0 Å². The Bertz CT molecular complexity index is 570. The topological polar surface area (TPSA) is 77.2 Å². The molecule has 2 aromatic rings. The summed E-state index contributed by atoms with van der Waals surface area (Å²) in [5.41, 5.74) is 6.91. The van der Waals surface area contributed by atoms with Crippen LogP contribution >= 0.6 is 15.9 Å². The fourth-order valence-corrected chi connectivity index (χ4v) is 1.73. The minimum atomic E-state index is -0.121. The van der Waals surface area contributed by atoms with E-state index in [1.807, 2.05) is 0 Å². The molecule has 20 heavy (non-hydrogen) atoms. The molecule has 1 amide bonds.